The molecular formula is C12H16N2O. The standard InChI is InChI=1S/C12H16N2O/c1-9-4-5-10(7-13)11(6-9)15-8-12(2,3)14/h4-6H,8,14H2,1-3H3. The summed E-state index contributed by atoms with van der Waals surface area (Å²) < 4.78 is 5.53. The van der Waals surface area contributed by atoms with Crippen molar-refractivity contribution in [2.24, 2.45) is 5.73 Å². The Morgan fingerprint density at radius 2 is 2.13 bits per heavy atom. The third-order valence-corrected chi connectivity index (χ3v) is 1.86. The van der Waals surface area contributed by atoms with E-state index in [0.717, 1.165) is 5.56 Å². The predicted octanol–water partition coefficient (Wildman–Crippen LogP) is 1.98. The number of ether oxygens (including phenoxy) is 1. The number of rotatable bonds is 3. The van der Waals surface area contributed by atoms with Crippen LogP contribution in [0.3, 0.4) is 0 Å². The number of hydrogen-bond donors (Lipinski definition) is 1. The zero-order chi connectivity index (χ0) is 11.5. The van der Waals surface area contributed by atoms with Gasteiger partial charge in [-0.1, -0.05) is 6.07 Å². The second-order valence-corrected chi connectivity index (χ2v) is 4.39. The average molecular weight is 204 g/mol. The Hall–Kier alpha value is -1.53. The molecule has 15 heavy (non-hydrogen) atoms. The summed E-state index contributed by atoms with van der Waals surface area (Å²) in [7, 11) is 0. The normalized spacial score (nSPS) is 10.9. The SMILES string of the molecule is Cc1ccc(C#N)c(OCC(C)(C)N)c1. The van der Waals surface area contributed by atoms with Gasteiger partial charge in [-0.2, -0.15) is 5.26 Å². The first-order valence-electron chi connectivity index (χ1n) is 4.85. The highest BCUT2D eigenvalue weighted by molar-refractivity contribution is 5.45. The van der Waals surface area contributed by atoms with E-state index in [1.54, 1.807) is 6.07 Å². The van der Waals surface area contributed by atoms with Crippen molar-refractivity contribution in [2.45, 2.75) is 26.3 Å². The topological polar surface area (TPSA) is 59.0 Å². The van der Waals surface area contributed by atoms with Crippen molar-refractivity contribution in [1.82, 2.24) is 0 Å². The highest BCUT2D eigenvalue weighted by Crippen LogP contribution is 2.20. The molecule has 0 aliphatic heterocycles. The number of benzene rings is 1. The fraction of sp³-hybridized carbons (Fsp3) is 0.417. The van der Waals surface area contributed by atoms with E-state index in [1.165, 1.54) is 0 Å². The summed E-state index contributed by atoms with van der Waals surface area (Å²) in [4.78, 5) is 0. The molecule has 3 nitrogen and oxygen atoms in total. The maximum atomic E-state index is 8.88. The van der Waals surface area contributed by atoms with Crippen molar-refractivity contribution in [1.29, 1.82) is 5.26 Å². The molecule has 0 unspecified atom stereocenters. The van der Waals surface area contributed by atoms with Gasteiger partial charge in [-0.15, -0.1) is 0 Å². The molecule has 0 heterocycles. The lowest BCUT2D eigenvalue weighted by atomic mass is 10.1. The predicted molar refractivity (Wildman–Crippen MR) is 59.7 cm³/mol. The van der Waals surface area contributed by atoms with E-state index in [-0.39, 0.29) is 0 Å². The lowest BCUT2D eigenvalue weighted by Crippen LogP contribution is -2.38. The molecule has 0 radical (unpaired) electrons. The van der Waals surface area contributed by atoms with Gasteiger partial charge in [-0.25, -0.2) is 0 Å². The van der Waals surface area contributed by atoms with Gasteiger partial charge >= 0.3 is 0 Å². The first kappa shape index (κ1) is 11.5. The minimum atomic E-state index is -0.392. The maximum Gasteiger partial charge on any atom is 0.137 e. The Morgan fingerprint density at radius 1 is 1.47 bits per heavy atom. The molecule has 0 aromatic heterocycles. The Bertz CT molecular complexity index is 386. The lowest BCUT2D eigenvalue weighted by Gasteiger charge is -2.19. The van der Waals surface area contributed by atoms with Crippen LogP contribution in [0.25, 0.3) is 0 Å². The molecule has 0 spiro atoms. The quantitative estimate of drug-likeness (QED) is 0.819. The van der Waals surface area contributed by atoms with Gasteiger partial charge in [0.25, 0.3) is 0 Å². The van der Waals surface area contributed by atoms with Crippen molar-refractivity contribution in [2.75, 3.05) is 6.61 Å². The fourth-order valence-corrected chi connectivity index (χ4v) is 1.11. The molecule has 0 amide bonds. The lowest BCUT2D eigenvalue weighted by molar-refractivity contribution is 0.242. The number of nitriles is 1. The Balaban J connectivity index is 2.85. The summed E-state index contributed by atoms with van der Waals surface area (Å²) >= 11 is 0. The minimum Gasteiger partial charge on any atom is -0.490 e. The van der Waals surface area contributed by atoms with Gasteiger partial charge in [0.2, 0.25) is 0 Å². The highest BCUT2D eigenvalue weighted by atomic mass is 16.5. The number of nitrogens with zero attached hydrogens (tertiary/aromatic N) is 1. The largest absolute Gasteiger partial charge is 0.490 e. The monoisotopic (exact) mass is 204 g/mol. The van der Waals surface area contributed by atoms with E-state index in [4.69, 9.17) is 15.7 Å². The summed E-state index contributed by atoms with van der Waals surface area (Å²) in [6.45, 7) is 6.12. The third-order valence-electron chi connectivity index (χ3n) is 1.86. The molecular weight excluding hydrogens is 188 g/mol. The van der Waals surface area contributed by atoms with E-state index in [1.807, 2.05) is 32.9 Å². The van der Waals surface area contributed by atoms with Crippen molar-refractivity contribution >= 4 is 0 Å². The minimum absolute atomic E-state index is 0.392. The highest BCUT2D eigenvalue weighted by Gasteiger charge is 2.13. The van der Waals surface area contributed by atoms with Gasteiger partial charge in [0.15, 0.2) is 0 Å². The van der Waals surface area contributed by atoms with Crippen LogP contribution in [0.2, 0.25) is 0 Å². The molecule has 3 heteroatoms. The smallest absolute Gasteiger partial charge is 0.137 e. The van der Waals surface area contributed by atoms with Gasteiger partial charge in [0.1, 0.15) is 18.4 Å². The van der Waals surface area contributed by atoms with E-state index in [9.17, 15) is 0 Å². The maximum absolute atomic E-state index is 8.88. The Labute approximate surface area is 90.5 Å². The molecule has 1 aromatic carbocycles. The molecule has 0 fully saturated rings. The van der Waals surface area contributed by atoms with Gasteiger partial charge in [0, 0.05) is 5.54 Å². The van der Waals surface area contributed by atoms with Crippen LogP contribution >= 0.6 is 0 Å². The van der Waals surface area contributed by atoms with Crippen molar-refractivity contribution in [3.63, 3.8) is 0 Å². The van der Waals surface area contributed by atoms with Crippen LogP contribution in [-0.4, -0.2) is 12.1 Å². The molecule has 1 rings (SSSR count). The zero-order valence-corrected chi connectivity index (χ0v) is 9.37. The first-order valence-corrected chi connectivity index (χ1v) is 4.85. The summed E-state index contributed by atoms with van der Waals surface area (Å²) in [5.74, 6) is 0.607. The van der Waals surface area contributed by atoms with E-state index in [2.05, 4.69) is 6.07 Å². The van der Waals surface area contributed by atoms with E-state index < -0.39 is 5.54 Å². The number of nitrogens with two attached hydrogens (primary N) is 1. The van der Waals surface area contributed by atoms with Crippen molar-refractivity contribution in [3.8, 4) is 11.8 Å². The van der Waals surface area contributed by atoms with Crippen LogP contribution in [0, 0.1) is 18.3 Å². The molecule has 2 N–H and O–H groups in total. The van der Waals surface area contributed by atoms with Crippen LogP contribution in [0.1, 0.15) is 25.0 Å². The molecule has 0 bridgehead atoms. The second-order valence-electron chi connectivity index (χ2n) is 4.39. The molecule has 0 aliphatic carbocycles. The average Bonchev–Trinajstić information content (AvgIpc) is 2.14. The zero-order valence-electron chi connectivity index (χ0n) is 9.37. The van der Waals surface area contributed by atoms with Crippen molar-refractivity contribution in [3.05, 3.63) is 29.3 Å². The summed E-state index contributed by atoms with van der Waals surface area (Å²) in [6, 6.07) is 7.59. The summed E-state index contributed by atoms with van der Waals surface area (Å²) in [5, 5.41) is 8.88. The van der Waals surface area contributed by atoms with Crippen molar-refractivity contribution < 1.29 is 4.74 Å². The van der Waals surface area contributed by atoms with Crippen LogP contribution in [0.15, 0.2) is 18.2 Å². The van der Waals surface area contributed by atoms with E-state index in [0.29, 0.717) is 17.9 Å². The third kappa shape index (κ3) is 3.61. The summed E-state index contributed by atoms with van der Waals surface area (Å²) in [5.41, 5.74) is 7.03. The van der Waals surface area contributed by atoms with Gasteiger partial charge in [-0.05, 0) is 38.5 Å². The molecule has 0 saturated heterocycles. The molecule has 0 aliphatic rings. The van der Waals surface area contributed by atoms with Crippen LogP contribution in [-0.2, 0) is 0 Å². The van der Waals surface area contributed by atoms with E-state index >= 15 is 0 Å². The number of hydrogen-bond acceptors (Lipinski definition) is 3. The molecule has 80 valence electrons. The molecule has 1 aromatic rings. The Kier molecular flexibility index (Phi) is 3.33. The van der Waals surface area contributed by atoms with Crippen LogP contribution < -0.4 is 10.5 Å². The number of aryl methyl sites for hydroxylation is 1. The fourth-order valence-electron chi connectivity index (χ4n) is 1.11. The van der Waals surface area contributed by atoms with Crippen LogP contribution in [0.4, 0.5) is 0 Å². The van der Waals surface area contributed by atoms with Gasteiger partial charge in [0.05, 0.1) is 5.56 Å². The van der Waals surface area contributed by atoms with Gasteiger partial charge < -0.3 is 10.5 Å². The van der Waals surface area contributed by atoms with Crippen LogP contribution in [0.5, 0.6) is 5.75 Å². The molecule has 0 saturated carbocycles. The summed E-state index contributed by atoms with van der Waals surface area (Å²) in [6.07, 6.45) is 0. The molecule has 0 atom stereocenters. The first-order chi connectivity index (χ1) is 6.92. The van der Waals surface area contributed by atoms with Gasteiger partial charge in [-0.3, -0.25) is 0 Å². The second kappa shape index (κ2) is 4.33. The Morgan fingerprint density at radius 3 is 2.67 bits per heavy atom.